The number of hydrogen-bond acceptors (Lipinski definition) is 2. The highest BCUT2D eigenvalue weighted by atomic mass is 35.5. The standard InChI is InChI=1S/C8H13N3OS.ClH/c1-11(2)13(9,12)10-8-6-4-3-5-7-8;/h3-7H,1-2H3,(H2,9,10,12);1H. The summed E-state index contributed by atoms with van der Waals surface area (Å²) in [4.78, 5) is 0. The molecule has 1 unspecified atom stereocenters. The van der Waals surface area contributed by atoms with Crippen molar-refractivity contribution < 1.29 is 4.21 Å². The first-order valence-electron chi connectivity index (χ1n) is 3.81. The van der Waals surface area contributed by atoms with E-state index in [0.717, 1.165) is 0 Å². The Morgan fingerprint density at radius 3 is 2.21 bits per heavy atom. The average Bonchev–Trinajstić information content (AvgIpc) is 2.05. The van der Waals surface area contributed by atoms with Crippen molar-refractivity contribution in [2.24, 2.45) is 0 Å². The Bertz CT molecular complexity index is 363. The van der Waals surface area contributed by atoms with Crippen LogP contribution in [0.2, 0.25) is 0 Å². The van der Waals surface area contributed by atoms with Gasteiger partial charge < -0.3 is 0 Å². The number of para-hydroxylation sites is 1. The van der Waals surface area contributed by atoms with Crippen LogP contribution >= 0.6 is 12.4 Å². The molecule has 0 bridgehead atoms. The minimum atomic E-state index is -2.87. The van der Waals surface area contributed by atoms with Crippen LogP contribution in [0.4, 0.5) is 5.69 Å². The summed E-state index contributed by atoms with van der Waals surface area (Å²) in [5, 5.41) is 0. The SMILES string of the molecule is CN(C)S(=N)(=O)Nc1ccccc1.Cl. The zero-order valence-electron chi connectivity index (χ0n) is 8.06. The third-order valence-corrected chi connectivity index (χ3v) is 3.09. The van der Waals surface area contributed by atoms with Gasteiger partial charge in [0.25, 0.3) is 0 Å². The Hall–Kier alpha value is -0.780. The maximum Gasteiger partial charge on any atom is 0.194 e. The van der Waals surface area contributed by atoms with Gasteiger partial charge in [0, 0.05) is 19.8 Å². The third-order valence-electron chi connectivity index (χ3n) is 1.54. The molecule has 4 nitrogen and oxygen atoms in total. The van der Waals surface area contributed by atoms with Crippen molar-refractivity contribution >= 4 is 28.2 Å². The molecule has 0 spiro atoms. The average molecular weight is 236 g/mol. The van der Waals surface area contributed by atoms with Gasteiger partial charge in [-0.3, -0.25) is 4.72 Å². The molecule has 0 aliphatic heterocycles. The van der Waals surface area contributed by atoms with Crippen LogP contribution in [0.1, 0.15) is 0 Å². The predicted octanol–water partition coefficient (Wildman–Crippen LogP) is 1.96. The molecule has 0 aliphatic carbocycles. The molecule has 1 rings (SSSR count). The smallest absolute Gasteiger partial charge is 0.194 e. The van der Waals surface area contributed by atoms with Crippen LogP contribution in [-0.2, 0) is 10.1 Å². The summed E-state index contributed by atoms with van der Waals surface area (Å²) in [6, 6.07) is 9.07. The van der Waals surface area contributed by atoms with Crippen molar-refractivity contribution in [1.82, 2.24) is 4.31 Å². The fourth-order valence-corrected chi connectivity index (χ4v) is 1.40. The van der Waals surface area contributed by atoms with Crippen LogP contribution in [-0.4, -0.2) is 22.6 Å². The fraction of sp³-hybridized carbons (Fsp3) is 0.250. The molecule has 0 fully saturated rings. The second-order valence-corrected chi connectivity index (χ2v) is 4.79. The van der Waals surface area contributed by atoms with Crippen LogP contribution < -0.4 is 4.72 Å². The number of rotatable bonds is 3. The molecule has 6 heteroatoms. The van der Waals surface area contributed by atoms with E-state index in [4.69, 9.17) is 4.78 Å². The highest BCUT2D eigenvalue weighted by molar-refractivity contribution is 7.91. The van der Waals surface area contributed by atoms with Gasteiger partial charge in [-0.25, -0.2) is 13.3 Å². The van der Waals surface area contributed by atoms with Gasteiger partial charge in [-0.05, 0) is 12.1 Å². The maximum absolute atomic E-state index is 11.5. The summed E-state index contributed by atoms with van der Waals surface area (Å²) in [6.07, 6.45) is 0. The number of hydrogen-bond donors (Lipinski definition) is 2. The molecule has 14 heavy (non-hydrogen) atoms. The second-order valence-electron chi connectivity index (χ2n) is 2.81. The first-order chi connectivity index (χ1) is 6.02. The first-order valence-corrected chi connectivity index (χ1v) is 5.33. The van der Waals surface area contributed by atoms with Crippen LogP contribution in [0, 0.1) is 4.78 Å². The number of anilines is 1. The van der Waals surface area contributed by atoms with E-state index < -0.39 is 10.1 Å². The normalized spacial score (nSPS) is 14.2. The fourth-order valence-electron chi connectivity index (χ4n) is 0.757. The first kappa shape index (κ1) is 13.2. The topological polar surface area (TPSA) is 56.2 Å². The summed E-state index contributed by atoms with van der Waals surface area (Å²) in [7, 11) is 0.337. The Kier molecular flexibility index (Phi) is 4.90. The number of nitrogens with one attached hydrogen (secondary N) is 2. The molecule has 0 aromatic heterocycles. The molecule has 2 N–H and O–H groups in total. The lowest BCUT2D eigenvalue weighted by molar-refractivity contribution is 0.594. The van der Waals surface area contributed by atoms with Gasteiger partial charge in [-0.15, -0.1) is 12.4 Å². The van der Waals surface area contributed by atoms with E-state index in [0.29, 0.717) is 5.69 Å². The van der Waals surface area contributed by atoms with Crippen molar-refractivity contribution in [3.05, 3.63) is 30.3 Å². The summed E-state index contributed by atoms with van der Waals surface area (Å²) in [5.41, 5.74) is 0.691. The maximum atomic E-state index is 11.5. The zero-order chi connectivity index (χ0) is 9.90. The van der Waals surface area contributed by atoms with E-state index in [-0.39, 0.29) is 12.4 Å². The molecule has 0 saturated carbocycles. The minimum absolute atomic E-state index is 0. The van der Waals surface area contributed by atoms with Gasteiger partial charge in [0.2, 0.25) is 0 Å². The molecule has 1 atom stereocenters. The van der Waals surface area contributed by atoms with Crippen LogP contribution in [0.15, 0.2) is 30.3 Å². The lowest BCUT2D eigenvalue weighted by Gasteiger charge is -2.16. The predicted molar refractivity (Wildman–Crippen MR) is 61.9 cm³/mol. The van der Waals surface area contributed by atoms with Crippen LogP contribution in [0.5, 0.6) is 0 Å². The van der Waals surface area contributed by atoms with Crippen molar-refractivity contribution in [2.75, 3.05) is 18.8 Å². The summed E-state index contributed by atoms with van der Waals surface area (Å²) < 4.78 is 23.0. The number of benzene rings is 1. The largest absolute Gasteiger partial charge is 0.287 e. The van der Waals surface area contributed by atoms with Crippen molar-refractivity contribution in [1.29, 1.82) is 4.78 Å². The van der Waals surface area contributed by atoms with Gasteiger partial charge >= 0.3 is 0 Å². The van der Waals surface area contributed by atoms with Gasteiger partial charge in [-0.1, -0.05) is 18.2 Å². The van der Waals surface area contributed by atoms with E-state index in [1.807, 2.05) is 18.2 Å². The monoisotopic (exact) mass is 235 g/mol. The number of halogens is 1. The molecule has 1 aromatic carbocycles. The van der Waals surface area contributed by atoms with Gasteiger partial charge in [0.05, 0.1) is 0 Å². The highest BCUT2D eigenvalue weighted by Crippen LogP contribution is 2.08. The second kappa shape index (κ2) is 5.19. The van der Waals surface area contributed by atoms with E-state index >= 15 is 0 Å². The van der Waals surface area contributed by atoms with E-state index in [9.17, 15) is 4.21 Å². The Morgan fingerprint density at radius 2 is 1.79 bits per heavy atom. The summed E-state index contributed by atoms with van der Waals surface area (Å²) in [6.45, 7) is 0. The third kappa shape index (κ3) is 3.53. The van der Waals surface area contributed by atoms with Gasteiger partial charge in [-0.2, -0.15) is 0 Å². The zero-order valence-corrected chi connectivity index (χ0v) is 9.69. The Balaban J connectivity index is 0.00000169. The van der Waals surface area contributed by atoms with Crippen molar-refractivity contribution in [3.8, 4) is 0 Å². The molecule has 1 aromatic rings. The lowest BCUT2D eigenvalue weighted by Crippen LogP contribution is -2.27. The van der Waals surface area contributed by atoms with Crippen LogP contribution in [0.25, 0.3) is 0 Å². The molecule has 0 amide bonds. The molecular formula is C8H14ClN3OS. The van der Waals surface area contributed by atoms with E-state index in [2.05, 4.69) is 4.72 Å². The molecule has 0 saturated heterocycles. The number of nitrogens with zero attached hydrogens (tertiary/aromatic N) is 1. The molecule has 0 aliphatic rings. The van der Waals surface area contributed by atoms with Crippen molar-refractivity contribution in [3.63, 3.8) is 0 Å². The summed E-state index contributed by atoms with van der Waals surface area (Å²) >= 11 is 0. The van der Waals surface area contributed by atoms with Gasteiger partial charge in [0.1, 0.15) is 0 Å². The molecule has 0 radical (unpaired) electrons. The Morgan fingerprint density at radius 1 is 1.29 bits per heavy atom. The quantitative estimate of drug-likeness (QED) is 0.827. The van der Waals surface area contributed by atoms with Crippen molar-refractivity contribution in [2.45, 2.75) is 0 Å². The van der Waals surface area contributed by atoms with Gasteiger partial charge in [0.15, 0.2) is 10.1 Å². The van der Waals surface area contributed by atoms with E-state index in [1.54, 1.807) is 26.2 Å². The molecule has 0 heterocycles. The highest BCUT2D eigenvalue weighted by Gasteiger charge is 2.07. The summed E-state index contributed by atoms with van der Waals surface area (Å²) in [5.74, 6) is 0. The molecule has 80 valence electrons. The molecular weight excluding hydrogens is 222 g/mol. The van der Waals surface area contributed by atoms with Crippen LogP contribution in [0.3, 0.4) is 0 Å². The lowest BCUT2D eigenvalue weighted by atomic mass is 10.3. The Labute approximate surface area is 91.0 Å². The van der Waals surface area contributed by atoms with E-state index in [1.165, 1.54) is 4.31 Å². The minimum Gasteiger partial charge on any atom is -0.287 e.